The SMILES string of the molecule is C/C(=C\C(=O)N1CCC[C@H]1c1nn[nH]n1)C1CC1. The number of carbonyl (C=O) groups is 1. The summed E-state index contributed by atoms with van der Waals surface area (Å²) in [6, 6.07) is -0.0143. The molecule has 1 aromatic heterocycles. The molecule has 2 heterocycles. The molecule has 2 aliphatic rings. The second-order valence-electron chi connectivity index (χ2n) is 5.12. The van der Waals surface area contributed by atoms with Crippen LogP contribution in [0.2, 0.25) is 0 Å². The molecule has 0 radical (unpaired) electrons. The summed E-state index contributed by atoms with van der Waals surface area (Å²) in [7, 11) is 0. The average molecular weight is 247 g/mol. The fourth-order valence-electron chi connectivity index (χ4n) is 2.54. The van der Waals surface area contributed by atoms with Crippen molar-refractivity contribution >= 4 is 5.91 Å². The number of H-pyrrole nitrogens is 1. The normalized spacial score (nSPS) is 24.6. The van der Waals surface area contributed by atoms with Gasteiger partial charge in [-0.2, -0.15) is 5.21 Å². The van der Waals surface area contributed by atoms with Crippen molar-refractivity contribution in [1.82, 2.24) is 25.5 Å². The van der Waals surface area contributed by atoms with Crippen molar-refractivity contribution in [2.24, 2.45) is 5.92 Å². The molecule has 1 aromatic rings. The molecule has 2 fully saturated rings. The number of carbonyl (C=O) groups excluding carboxylic acids is 1. The molecule has 0 aromatic carbocycles. The Morgan fingerprint density at radius 2 is 2.28 bits per heavy atom. The van der Waals surface area contributed by atoms with E-state index in [1.807, 2.05) is 4.90 Å². The second kappa shape index (κ2) is 4.51. The Labute approximate surface area is 105 Å². The predicted molar refractivity (Wildman–Crippen MR) is 64.3 cm³/mol. The third-order valence-electron chi connectivity index (χ3n) is 3.77. The highest BCUT2D eigenvalue weighted by atomic mass is 16.2. The first-order chi connectivity index (χ1) is 8.75. The number of amides is 1. The summed E-state index contributed by atoms with van der Waals surface area (Å²) in [6.45, 7) is 2.83. The highest BCUT2D eigenvalue weighted by Crippen LogP contribution is 2.36. The van der Waals surface area contributed by atoms with E-state index in [0.29, 0.717) is 11.7 Å². The van der Waals surface area contributed by atoms with Gasteiger partial charge in [-0.05, 0) is 38.5 Å². The highest BCUT2D eigenvalue weighted by molar-refractivity contribution is 5.88. The third kappa shape index (κ3) is 2.14. The molecule has 1 saturated heterocycles. The van der Waals surface area contributed by atoms with Crippen molar-refractivity contribution in [3.63, 3.8) is 0 Å². The summed E-state index contributed by atoms with van der Waals surface area (Å²) < 4.78 is 0. The van der Waals surface area contributed by atoms with Crippen LogP contribution in [-0.4, -0.2) is 38.0 Å². The predicted octanol–water partition coefficient (Wildman–Crippen LogP) is 1.22. The van der Waals surface area contributed by atoms with Gasteiger partial charge in [-0.25, -0.2) is 0 Å². The fourth-order valence-corrected chi connectivity index (χ4v) is 2.54. The summed E-state index contributed by atoms with van der Waals surface area (Å²) in [4.78, 5) is 14.1. The number of nitrogens with one attached hydrogen (secondary N) is 1. The molecule has 1 aliphatic heterocycles. The number of nitrogens with zero attached hydrogens (tertiary/aromatic N) is 4. The Hall–Kier alpha value is -1.72. The van der Waals surface area contributed by atoms with Crippen LogP contribution in [0.15, 0.2) is 11.6 Å². The Morgan fingerprint density at radius 1 is 1.44 bits per heavy atom. The van der Waals surface area contributed by atoms with E-state index in [9.17, 15) is 4.79 Å². The van der Waals surface area contributed by atoms with Crippen LogP contribution in [-0.2, 0) is 4.79 Å². The van der Waals surface area contributed by atoms with Crippen LogP contribution in [0.5, 0.6) is 0 Å². The zero-order valence-electron chi connectivity index (χ0n) is 10.5. The molecular formula is C12H17N5O. The lowest BCUT2D eigenvalue weighted by Crippen LogP contribution is -2.29. The second-order valence-corrected chi connectivity index (χ2v) is 5.12. The molecule has 1 atom stereocenters. The van der Waals surface area contributed by atoms with Crippen molar-refractivity contribution in [1.29, 1.82) is 0 Å². The molecule has 0 unspecified atom stereocenters. The number of hydrogen-bond acceptors (Lipinski definition) is 4. The van der Waals surface area contributed by atoms with E-state index in [4.69, 9.17) is 0 Å². The van der Waals surface area contributed by atoms with Crippen molar-refractivity contribution in [2.75, 3.05) is 6.54 Å². The lowest BCUT2D eigenvalue weighted by molar-refractivity contribution is -0.127. The number of rotatable bonds is 3. The number of likely N-dealkylation sites (tertiary alicyclic amines) is 1. The maximum atomic E-state index is 12.3. The minimum Gasteiger partial charge on any atom is -0.329 e. The Balaban J connectivity index is 1.74. The minimum atomic E-state index is -0.0143. The van der Waals surface area contributed by atoms with Crippen LogP contribution in [0.4, 0.5) is 0 Å². The Bertz CT molecular complexity index is 463. The summed E-state index contributed by atoms with van der Waals surface area (Å²) in [6.07, 6.45) is 6.16. The van der Waals surface area contributed by atoms with Gasteiger partial charge in [-0.3, -0.25) is 4.79 Å². The van der Waals surface area contributed by atoms with E-state index in [-0.39, 0.29) is 11.9 Å². The van der Waals surface area contributed by atoms with Crippen molar-refractivity contribution in [2.45, 2.75) is 38.6 Å². The van der Waals surface area contributed by atoms with E-state index < -0.39 is 0 Å². The summed E-state index contributed by atoms with van der Waals surface area (Å²) >= 11 is 0. The van der Waals surface area contributed by atoms with Gasteiger partial charge in [0.2, 0.25) is 5.91 Å². The van der Waals surface area contributed by atoms with Crippen molar-refractivity contribution in [3.8, 4) is 0 Å². The van der Waals surface area contributed by atoms with Crippen molar-refractivity contribution in [3.05, 3.63) is 17.5 Å². The quantitative estimate of drug-likeness (QED) is 0.815. The van der Waals surface area contributed by atoms with Crippen LogP contribution in [0.1, 0.15) is 44.5 Å². The maximum Gasteiger partial charge on any atom is 0.247 e. The standard InChI is InChI=1S/C12H17N5O/c1-8(9-4-5-9)7-11(18)17-6-2-3-10(17)12-13-15-16-14-12/h7,9-10H,2-6H2,1H3,(H,13,14,15,16)/b8-7+/t10-/m0/s1. The summed E-state index contributed by atoms with van der Waals surface area (Å²) in [5.74, 6) is 1.35. The topological polar surface area (TPSA) is 74.8 Å². The Morgan fingerprint density at radius 3 is 2.94 bits per heavy atom. The molecular weight excluding hydrogens is 230 g/mol. The smallest absolute Gasteiger partial charge is 0.247 e. The van der Waals surface area contributed by atoms with E-state index >= 15 is 0 Å². The van der Waals surface area contributed by atoms with E-state index in [0.717, 1.165) is 19.4 Å². The molecule has 3 rings (SSSR count). The third-order valence-corrected chi connectivity index (χ3v) is 3.77. The van der Waals surface area contributed by atoms with Crippen molar-refractivity contribution < 1.29 is 4.79 Å². The van der Waals surface area contributed by atoms with E-state index in [2.05, 4.69) is 27.5 Å². The van der Waals surface area contributed by atoms with Gasteiger partial charge in [0.1, 0.15) is 0 Å². The molecule has 18 heavy (non-hydrogen) atoms. The molecule has 6 heteroatoms. The van der Waals surface area contributed by atoms with Gasteiger partial charge in [0.25, 0.3) is 0 Å². The number of aromatic amines is 1. The maximum absolute atomic E-state index is 12.3. The average Bonchev–Trinajstić information content (AvgIpc) is 2.90. The molecule has 0 spiro atoms. The van der Waals surface area contributed by atoms with Gasteiger partial charge in [0, 0.05) is 12.6 Å². The van der Waals surface area contributed by atoms with Gasteiger partial charge in [0.05, 0.1) is 6.04 Å². The molecule has 1 amide bonds. The van der Waals surface area contributed by atoms with Crippen LogP contribution >= 0.6 is 0 Å². The lowest BCUT2D eigenvalue weighted by atomic mass is 10.1. The molecule has 1 N–H and O–H groups in total. The molecule has 1 aliphatic carbocycles. The van der Waals surface area contributed by atoms with E-state index in [1.165, 1.54) is 18.4 Å². The number of tetrazole rings is 1. The zero-order valence-corrected chi connectivity index (χ0v) is 10.5. The van der Waals surface area contributed by atoms with Crippen LogP contribution < -0.4 is 0 Å². The first kappa shape index (κ1) is 11.4. The number of allylic oxidation sites excluding steroid dienone is 1. The fraction of sp³-hybridized carbons (Fsp3) is 0.667. The van der Waals surface area contributed by atoms with Crippen LogP contribution in [0.3, 0.4) is 0 Å². The van der Waals surface area contributed by atoms with Gasteiger partial charge >= 0.3 is 0 Å². The number of hydrogen-bond donors (Lipinski definition) is 1. The largest absolute Gasteiger partial charge is 0.329 e. The number of aromatic nitrogens is 4. The summed E-state index contributed by atoms with van der Waals surface area (Å²) in [5.41, 5.74) is 1.21. The lowest BCUT2D eigenvalue weighted by Gasteiger charge is -2.20. The van der Waals surface area contributed by atoms with Gasteiger partial charge < -0.3 is 4.90 Å². The highest BCUT2D eigenvalue weighted by Gasteiger charge is 2.32. The Kier molecular flexibility index (Phi) is 2.85. The zero-order chi connectivity index (χ0) is 12.5. The molecule has 1 saturated carbocycles. The van der Waals surface area contributed by atoms with Gasteiger partial charge in [-0.15, -0.1) is 10.2 Å². The molecule has 96 valence electrons. The van der Waals surface area contributed by atoms with Gasteiger partial charge in [0.15, 0.2) is 5.82 Å². The molecule has 6 nitrogen and oxygen atoms in total. The van der Waals surface area contributed by atoms with E-state index in [1.54, 1.807) is 6.08 Å². The monoisotopic (exact) mass is 247 g/mol. The first-order valence-corrected chi connectivity index (χ1v) is 6.48. The minimum absolute atomic E-state index is 0.0143. The molecule has 0 bridgehead atoms. The summed E-state index contributed by atoms with van der Waals surface area (Å²) in [5, 5.41) is 14.0. The van der Waals surface area contributed by atoms with Crippen LogP contribution in [0.25, 0.3) is 0 Å². The van der Waals surface area contributed by atoms with Gasteiger partial charge in [-0.1, -0.05) is 10.8 Å². The van der Waals surface area contributed by atoms with Crippen LogP contribution in [0, 0.1) is 5.92 Å². The first-order valence-electron chi connectivity index (χ1n) is 6.48.